The van der Waals surface area contributed by atoms with E-state index in [0.29, 0.717) is 0 Å². The van der Waals surface area contributed by atoms with Gasteiger partial charge in [0.05, 0.1) is 11.3 Å². The van der Waals surface area contributed by atoms with Crippen molar-refractivity contribution in [2.45, 2.75) is 29.5 Å². The number of hydrogen-bond donors (Lipinski definition) is 3. The molecule has 0 saturated carbocycles. The Labute approximate surface area is 168 Å². The first kappa shape index (κ1) is 25.5. The lowest BCUT2D eigenvalue weighted by atomic mass is 9.74. The molecular weight excluding hydrogens is 464 g/mol. The van der Waals surface area contributed by atoms with Crippen LogP contribution in [0, 0.1) is 0 Å². The molecule has 1 aromatic rings. The molecule has 0 aromatic heterocycles. The number of anilines is 1. The summed E-state index contributed by atoms with van der Waals surface area (Å²) in [5.41, 5.74) is -7.55. The van der Waals surface area contributed by atoms with Crippen molar-refractivity contribution < 1.29 is 50.0 Å². The molecule has 29 heavy (non-hydrogen) atoms. The largest absolute Gasteiger partial charge is 0.489 e. The van der Waals surface area contributed by atoms with Crippen LogP contribution in [0.3, 0.4) is 0 Å². The van der Waals surface area contributed by atoms with Crippen molar-refractivity contribution in [3.63, 3.8) is 0 Å². The van der Waals surface area contributed by atoms with Gasteiger partial charge in [-0.2, -0.15) is 35.1 Å². The fourth-order valence-electron chi connectivity index (χ4n) is 2.00. The van der Waals surface area contributed by atoms with Crippen LogP contribution < -0.4 is 10.8 Å². The van der Waals surface area contributed by atoms with Gasteiger partial charge in [-0.25, -0.2) is 0 Å². The summed E-state index contributed by atoms with van der Waals surface area (Å²) in [5, 5.41) is 9.12. The Hall–Kier alpha value is -1.57. The van der Waals surface area contributed by atoms with E-state index in [4.69, 9.17) is 0 Å². The van der Waals surface area contributed by atoms with E-state index in [1.54, 1.807) is 5.32 Å². The average molecular weight is 474 g/mol. The van der Waals surface area contributed by atoms with Crippen molar-refractivity contribution >= 4 is 47.4 Å². The normalized spacial score (nSPS) is 13.3. The monoisotopic (exact) mass is 473 g/mol. The smallest absolute Gasteiger partial charge is 0.423 e. The van der Waals surface area contributed by atoms with Crippen molar-refractivity contribution in [2.24, 2.45) is 0 Å². The molecule has 0 bridgehead atoms. The van der Waals surface area contributed by atoms with E-state index in [1.807, 2.05) is 0 Å². The average Bonchev–Trinajstić information content (AvgIpc) is 2.51. The first-order chi connectivity index (χ1) is 12.7. The number of benzene rings is 1. The summed E-state index contributed by atoms with van der Waals surface area (Å²) in [5.74, 6) is -12.3. The number of alkyl halides is 10. The van der Waals surface area contributed by atoms with Crippen molar-refractivity contribution in [2.75, 3.05) is 5.32 Å². The number of halogens is 10. The fraction of sp³-hybridized carbons (Fsp3) is 0.357. The molecule has 1 amide bonds. The van der Waals surface area contributed by atoms with Crippen molar-refractivity contribution in [1.82, 2.24) is 0 Å². The molecule has 0 spiro atoms. The number of carbonyl (C=O) groups excluding carboxylic acids is 1. The first-order valence-corrected chi connectivity index (χ1v) is 7.91. The highest BCUT2D eigenvalue weighted by atomic mass is 35.5. The van der Waals surface area contributed by atoms with Gasteiger partial charge in [-0.3, -0.25) is 4.79 Å². The van der Waals surface area contributed by atoms with Gasteiger partial charge in [0.1, 0.15) is 0 Å². The van der Waals surface area contributed by atoms with Crippen LogP contribution in [0.2, 0.25) is 0 Å². The third-order valence-electron chi connectivity index (χ3n) is 3.49. The highest BCUT2D eigenvalue weighted by molar-refractivity contribution is 6.59. The topological polar surface area (TPSA) is 69.6 Å². The standard InChI is InChI=1S/C14H10BCl2F8NO3/c1-5(2)10(27)26-9-4-8(15(28)29)6(11(18,19)13(16,22)23)3-7(9)12(20,21)14(17,24)25/h3-4,28-29H,1H2,2H3,(H,26,27). The summed E-state index contributed by atoms with van der Waals surface area (Å²) in [6.07, 6.45) is 0. The molecule has 1 rings (SSSR count). The van der Waals surface area contributed by atoms with E-state index in [-0.39, 0.29) is 11.6 Å². The third kappa shape index (κ3) is 4.96. The van der Waals surface area contributed by atoms with Gasteiger partial charge in [-0.15, -0.1) is 0 Å². The fourth-order valence-corrected chi connectivity index (χ4v) is 2.20. The number of carbonyl (C=O) groups is 1. The molecule has 0 atom stereocenters. The van der Waals surface area contributed by atoms with Gasteiger partial charge >= 0.3 is 29.7 Å². The molecule has 0 radical (unpaired) electrons. The highest BCUT2D eigenvalue weighted by Gasteiger charge is 2.61. The molecule has 3 N–H and O–H groups in total. The van der Waals surface area contributed by atoms with Crippen LogP contribution in [0.15, 0.2) is 24.3 Å². The quantitative estimate of drug-likeness (QED) is 0.245. The third-order valence-corrected chi connectivity index (χ3v) is 3.97. The molecule has 4 nitrogen and oxygen atoms in total. The van der Waals surface area contributed by atoms with Crippen LogP contribution in [0.4, 0.5) is 40.8 Å². The molecule has 0 aliphatic rings. The summed E-state index contributed by atoms with van der Waals surface area (Å²) in [7, 11) is -2.98. The minimum absolute atomic E-state index is 0.0246. The second-order valence-corrected chi connectivity index (χ2v) is 6.69. The summed E-state index contributed by atoms with van der Waals surface area (Å²) in [4.78, 5) is 11.7. The lowest BCUT2D eigenvalue weighted by Crippen LogP contribution is -2.44. The SMILES string of the molecule is C=C(C)C(=O)Nc1cc(B(O)O)c(C(F)(F)C(F)(F)Cl)cc1C(F)(F)C(F)(F)Cl. The Balaban J connectivity index is 3.99. The van der Waals surface area contributed by atoms with Crippen LogP contribution in [-0.4, -0.2) is 33.8 Å². The molecule has 0 fully saturated rings. The molecule has 0 saturated heterocycles. The number of hydrogen-bond acceptors (Lipinski definition) is 3. The van der Waals surface area contributed by atoms with E-state index < -0.39 is 64.0 Å². The molecule has 0 aliphatic carbocycles. The summed E-state index contributed by atoms with van der Waals surface area (Å²) < 4.78 is 109. The van der Waals surface area contributed by atoms with E-state index in [1.165, 1.54) is 0 Å². The Morgan fingerprint density at radius 2 is 1.38 bits per heavy atom. The number of nitrogens with one attached hydrogen (secondary N) is 1. The molecule has 0 aliphatic heterocycles. The van der Waals surface area contributed by atoms with Crippen molar-refractivity contribution in [1.29, 1.82) is 0 Å². The Morgan fingerprint density at radius 3 is 1.72 bits per heavy atom. The van der Waals surface area contributed by atoms with Crippen LogP contribution in [0.1, 0.15) is 18.1 Å². The van der Waals surface area contributed by atoms with Crippen LogP contribution in [0.5, 0.6) is 0 Å². The van der Waals surface area contributed by atoms with Crippen LogP contribution >= 0.6 is 23.2 Å². The molecule has 162 valence electrons. The summed E-state index contributed by atoms with van der Waals surface area (Å²) in [6.45, 7) is 4.19. The minimum atomic E-state index is -5.53. The lowest BCUT2D eigenvalue weighted by molar-refractivity contribution is -0.168. The zero-order valence-corrected chi connectivity index (χ0v) is 15.5. The minimum Gasteiger partial charge on any atom is -0.423 e. The molecule has 0 unspecified atom stereocenters. The number of amides is 1. The Bertz CT molecular complexity index is 824. The second-order valence-electron chi connectivity index (χ2n) is 5.74. The zero-order valence-electron chi connectivity index (χ0n) is 14.0. The van der Waals surface area contributed by atoms with Gasteiger partial charge in [-0.1, -0.05) is 6.58 Å². The summed E-state index contributed by atoms with van der Waals surface area (Å²) >= 11 is 8.58. The van der Waals surface area contributed by atoms with E-state index in [9.17, 15) is 50.0 Å². The van der Waals surface area contributed by atoms with E-state index >= 15 is 0 Å². The number of rotatable bonds is 7. The van der Waals surface area contributed by atoms with Crippen molar-refractivity contribution in [3.05, 3.63) is 35.4 Å². The highest BCUT2D eigenvalue weighted by Crippen LogP contribution is 2.51. The molecule has 15 heteroatoms. The van der Waals surface area contributed by atoms with Crippen molar-refractivity contribution in [3.8, 4) is 0 Å². The maximum atomic E-state index is 14.1. The van der Waals surface area contributed by atoms with E-state index in [0.717, 1.165) is 6.92 Å². The predicted molar refractivity (Wildman–Crippen MR) is 89.1 cm³/mol. The van der Waals surface area contributed by atoms with Gasteiger partial charge in [-0.05, 0) is 47.7 Å². The molecular formula is C14H10BCl2F8NO3. The van der Waals surface area contributed by atoms with Crippen LogP contribution in [-0.2, 0) is 16.6 Å². The zero-order chi connectivity index (χ0) is 23.2. The second kappa shape index (κ2) is 7.93. The van der Waals surface area contributed by atoms with Gasteiger partial charge in [0, 0.05) is 11.1 Å². The molecule has 1 aromatic carbocycles. The van der Waals surface area contributed by atoms with Gasteiger partial charge in [0.2, 0.25) is 0 Å². The Kier molecular flexibility index (Phi) is 6.97. The predicted octanol–water partition coefficient (Wildman–Crippen LogP) is 3.73. The van der Waals surface area contributed by atoms with Gasteiger partial charge in [0.25, 0.3) is 5.91 Å². The van der Waals surface area contributed by atoms with E-state index in [2.05, 4.69) is 29.8 Å². The maximum Gasteiger partial charge on any atom is 0.489 e. The van der Waals surface area contributed by atoms with Gasteiger partial charge < -0.3 is 15.4 Å². The summed E-state index contributed by atoms with van der Waals surface area (Å²) in [6, 6.07) is -0.599. The lowest BCUT2D eigenvalue weighted by Gasteiger charge is -2.29. The van der Waals surface area contributed by atoms with Crippen LogP contribution in [0.25, 0.3) is 0 Å². The first-order valence-electron chi connectivity index (χ1n) is 7.16. The maximum absolute atomic E-state index is 14.1. The van der Waals surface area contributed by atoms with Gasteiger partial charge in [0.15, 0.2) is 0 Å². The Morgan fingerprint density at radius 1 is 0.966 bits per heavy atom. The molecule has 0 heterocycles.